The molecule has 0 aliphatic carbocycles. The molecule has 0 saturated carbocycles. The molecular formula is C18H14N4O2S. The van der Waals surface area contributed by atoms with E-state index < -0.39 is 9.84 Å². The Kier molecular flexibility index (Phi) is 3.58. The Morgan fingerprint density at radius 3 is 2.04 bits per heavy atom. The third-order valence-electron chi connectivity index (χ3n) is 3.76. The van der Waals surface area contributed by atoms with E-state index in [2.05, 4.69) is 15.1 Å². The van der Waals surface area contributed by atoms with E-state index in [1.165, 1.54) is 4.52 Å². The van der Waals surface area contributed by atoms with E-state index in [0.29, 0.717) is 5.69 Å². The van der Waals surface area contributed by atoms with Gasteiger partial charge in [-0.2, -0.15) is 9.50 Å². The molecule has 4 rings (SSSR count). The van der Waals surface area contributed by atoms with Crippen molar-refractivity contribution in [2.45, 2.75) is 5.16 Å². The highest BCUT2D eigenvalue weighted by Crippen LogP contribution is 2.26. The van der Waals surface area contributed by atoms with Crippen LogP contribution in [-0.2, 0) is 9.84 Å². The van der Waals surface area contributed by atoms with Crippen LogP contribution in [0.5, 0.6) is 0 Å². The largest absolute Gasteiger partial charge is 0.268 e. The second kappa shape index (κ2) is 5.78. The number of hydrogen-bond donors (Lipinski definition) is 0. The van der Waals surface area contributed by atoms with Gasteiger partial charge in [0.2, 0.25) is 9.84 Å². The van der Waals surface area contributed by atoms with Gasteiger partial charge in [0, 0.05) is 17.4 Å². The molecule has 0 unspecified atom stereocenters. The van der Waals surface area contributed by atoms with Crippen LogP contribution in [0.15, 0.2) is 71.9 Å². The van der Waals surface area contributed by atoms with E-state index in [-0.39, 0.29) is 10.9 Å². The third kappa shape index (κ3) is 2.89. The summed E-state index contributed by atoms with van der Waals surface area (Å²) in [5, 5.41) is 3.92. The molecule has 7 heteroatoms. The van der Waals surface area contributed by atoms with Crippen LogP contribution in [0.4, 0.5) is 0 Å². The topological polar surface area (TPSA) is 77.2 Å². The lowest BCUT2D eigenvalue weighted by atomic mass is 10.1. The zero-order chi connectivity index (χ0) is 17.4. The van der Waals surface area contributed by atoms with E-state index in [1.54, 1.807) is 0 Å². The molecule has 4 aromatic rings. The average molecular weight is 350 g/mol. The fourth-order valence-corrected chi connectivity index (χ4v) is 3.06. The van der Waals surface area contributed by atoms with Crippen molar-refractivity contribution in [1.82, 2.24) is 19.6 Å². The van der Waals surface area contributed by atoms with Gasteiger partial charge in [-0.1, -0.05) is 60.7 Å². The predicted octanol–water partition coefficient (Wildman–Crippen LogP) is 2.86. The van der Waals surface area contributed by atoms with Crippen LogP contribution in [0.25, 0.3) is 28.3 Å². The second-order valence-corrected chi connectivity index (χ2v) is 7.55. The van der Waals surface area contributed by atoms with E-state index in [4.69, 9.17) is 0 Å². The first kappa shape index (κ1) is 15.5. The predicted molar refractivity (Wildman–Crippen MR) is 94.8 cm³/mol. The van der Waals surface area contributed by atoms with E-state index >= 15 is 0 Å². The smallest absolute Gasteiger partial charge is 0.221 e. The van der Waals surface area contributed by atoms with Gasteiger partial charge in [0.05, 0.1) is 11.4 Å². The van der Waals surface area contributed by atoms with Gasteiger partial charge in [-0.05, 0) is 6.07 Å². The van der Waals surface area contributed by atoms with Crippen LogP contribution in [-0.4, -0.2) is 34.3 Å². The minimum absolute atomic E-state index is 0.234. The summed E-state index contributed by atoms with van der Waals surface area (Å²) < 4.78 is 25.1. The van der Waals surface area contributed by atoms with Crippen molar-refractivity contribution < 1.29 is 8.42 Å². The minimum atomic E-state index is -3.52. The van der Waals surface area contributed by atoms with Gasteiger partial charge in [0.25, 0.3) is 10.9 Å². The van der Waals surface area contributed by atoms with Gasteiger partial charge in [-0.15, -0.1) is 5.10 Å². The van der Waals surface area contributed by atoms with Gasteiger partial charge < -0.3 is 0 Å². The summed E-state index contributed by atoms with van der Waals surface area (Å²) in [7, 11) is -3.52. The molecule has 124 valence electrons. The number of rotatable bonds is 3. The molecule has 0 spiro atoms. The molecule has 2 aromatic carbocycles. The van der Waals surface area contributed by atoms with Crippen LogP contribution < -0.4 is 0 Å². The summed E-state index contributed by atoms with van der Waals surface area (Å²) in [6.07, 6.45) is 1.09. The Balaban J connectivity index is 2.04. The molecule has 2 heterocycles. The number of benzene rings is 2. The summed E-state index contributed by atoms with van der Waals surface area (Å²) in [5.74, 6) is 0.251. The summed E-state index contributed by atoms with van der Waals surface area (Å²) in [6.45, 7) is 0. The lowest BCUT2D eigenvalue weighted by Crippen LogP contribution is -2.01. The van der Waals surface area contributed by atoms with E-state index in [1.807, 2.05) is 66.7 Å². The number of fused-ring (bicyclic) bond motifs is 1. The lowest BCUT2D eigenvalue weighted by Gasteiger charge is -2.07. The number of nitrogens with zero attached hydrogens (tertiary/aromatic N) is 4. The highest BCUT2D eigenvalue weighted by Gasteiger charge is 2.18. The average Bonchev–Trinajstić information content (AvgIpc) is 3.07. The first-order valence-electron chi connectivity index (χ1n) is 7.61. The summed E-state index contributed by atoms with van der Waals surface area (Å²) in [5.41, 5.74) is 3.26. The molecule has 25 heavy (non-hydrogen) atoms. The molecule has 0 aliphatic heterocycles. The Morgan fingerprint density at radius 1 is 0.840 bits per heavy atom. The van der Waals surface area contributed by atoms with Crippen molar-refractivity contribution in [1.29, 1.82) is 0 Å². The number of hydrogen-bond acceptors (Lipinski definition) is 5. The minimum Gasteiger partial charge on any atom is -0.221 e. The maximum absolute atomic E-state index is 11.8. The third-order valence-corrected chi connectivity index (χ3v) is 4.60. The number of aromatic nitrogens is 4. The summed E-state index contributed by atoms with van der Waals surface area (Å²) in [6, 6.07) is 21.2. The summed E-state index contributed by atoms with van der Waals surface area (Å²) in [4.78, 5) is 8.60. The lowest BCUT2D eigenvalue weighted by molar-refractivity contribution is 0.593. The van der Waals surface area contributed by atoms with Crippen LogP contribution in [0.1, 0.15) is 0 Å². The summed E-state index contributed by atoms with van der Waals surface area (Å²) >= 11 is 0. The van der Waals surface area contributed by atoms with Crippen LogP contribution in [0, 0.1) is 0 Å². The first-order valence-corrected chi connectivity index (χ1v) is 9.50. The Morgan fingerprint density at radius 2 is 1.44 bits per heavy atom. The quantitative estimate of drug-likeness (QED) is 0.568. The van der Waals surface area contributed by atoms with Crippen LogP contribution >= 0.6 is 0 Å². The SMILES string of the molecule is CS(=O)(=O)c1nc2nc(-c3ccccc3)cc(-c3ccccc3)n2n1. The van der Waals surface area contributed by atoms with Crippen molar-refractivity contribution in [3.63, 3.8) is 0 Å². The highest BCUT2D eigenvalue weighted by molar-refractivity contribution is 7.90. The standard InChI is InChI=1S/C18H14N4O2S/c1-25(23,24)18-20-17-19-15(13-8-4-2-5-9-13)12-16(22(17)21-18)14-10-6-3-7-11-14/h2-12H,1H3. The molecule has 0 aliphatic rings. The molecular weight excluding hydrogens is 336 g/mol. The molecule has 0 N–H and O–H groups in total. The molecule has 0 fully saturated rings. The Bertz CT molecular complexity index is 1150. The molecule has 0 atom stereocenters. The Labute approximate surface area is 144 Å². The normalized spacial score (nSPS) is 11.7. The van der Waals surface area contributed by atoms with Gasteiger partial charge in [0.15, 0.2) is 0 Å². The molecule has 0 bridgehead atoms. The van der Waals surface area contributed by atoms with Crippen molar-refractivity contribution >= 4 is 15.6 Å². The maximum Gasteiger partial charge on any atom is 0.268 e. The number of sulfone groups is 1. The first-order chi connectivity index (χ1) is 12.0. The fraction of sp³-hybridized carbons (Fsp3) is 0.0556. The van der Waals surface area contributed by atoms with Crippen molar-refractivity contribution in [2.75, 3.05) is 6.26 Å². The van der Waals surface area contributed by atoms with Gasteiger partial charge in [-0.3, -0.25) is 0 Å². The molecule has 0 radical (unpaired) electrons. The van der Waals surface area contributed by atoms with E-state index in [9.17, 15) is 8.42 Å². The van der Waals surface area contributed by atoms with Gasteiger partial charge in [-0.25, -0.2) is 13.4 Å². The molecule has 6 nitrogen and oxygen atoms in total. The maximum atomic E-state index is 11.8. The molecule has 0 amide bonds. The van der Waals surface area contributed by atoms with Crippen molar-refractivity contribution in [2.24, 2.45) is 0 Å². The monoisotopic (exact) mass is 350 g/mol. The molecule has 2 aromatic heterocycles. The molecule has 0 saturated heterocycles. The second-order valence-electron chi connectivity index (χ2n) is 5.64. The van der Waals surface area contributed by atoms with Crippen LogP contribution in [0.2, 0.25) is 0 Å². The van der Waals surface area contributed by atoms with Crippen molar-refractivity contribution in [3.8, 4) is 22.5 Å². The van der Waals surface area contributed by atoms with Gasteiger partial charge in [0.1, 0.15) is 0 Å². The highest BCUT2D eigenvalue weighted by atomic mass is 32.2. The van der Waals surface area contributed by atoms with Gasteiger partial charge >= 0.3 is 0 Å². The zero-order valence-electron chi connectivity index (χ0n) is 13.4. The zero-order valence-corrected chi connectivity index (χ0v) is 14.2. The Hall–Kier alpha value is -3.06. The fourth-order valence-electron chi connectivity index (χ4n) is 2.58. The van der Waals surface area contributed by atoms with Crippen LogP contribution in [0.3, 0.4) is 0 Å². The van der Waals surface area contributed by atoms with E-state index in [0.717, 1.165) is 23.1 Å². The van der Waals surface area contributed by atoms with Crippen molar-refractivity contribution in [3.05, 3.63) is 66.7 Å².